The molecule has 3 nitrogen and oxygen atoms in total. The Morgan fingerprint density at radius 3 is 2.31 bits per heavy atom. The lowest BCUT2D eigenvalue weighted by molar-refractivity contribution is 0.544. The molecule has 3 heterocycles. The topological polar surface area (TPSA) is 33.6 Å². The molecule has 0 amide bonds. The Bertz CT molecular complexity index is 2230. The molecule has 2 aromatic heterocycles. The van der Waals surface area contributed by atoms with E-state index in [4.69, 9.17) is 0 Å². The van der Waals surface area contributed by atoms with Crippen molar-refractivity contribution in [3.8, 4) is 17.2 Å². The molecule has 42 heavy (non-hydrogen) atoms. The van der Waals surface area contributed by atoms with Crippen molar-refractivity contribution in [1.29, 1.82) is 5.26 Å². The summed E-state index contributed by atoms with van der Waals surface area (Å²) in [4.78, 5) is 0. The van der Waals surface area contributed by atoms with Crippen LogP contribution in [0.1, 0.15) is 37.1 Å². The largest absolute Gasteiger partial charge is 0.335 e. The monoisotopic (exact) mass is 539 g/mol. The second-order valence-electron chi connectivity index (χ2n) is 12.1. The lowest BCUT2D eigenvalue weighted by Crippen LogP contribution is -2.28. The summed E-state index contributed by atoms with van der Waals surface area (Å²) < 4.78 is 5.16. The number of benzene rings is 4. The van der Waals surface area contributed by atoms with Crippen molar-refractivity contribution in [3.63, 3.8) is 0 Å². The number of fused-ring (bicyclic) bond motifs is 5. The highest BCUT2D eigenvalue weighted by Gasteiger charge is 2.40. The maximum absolute atomic E-state index is 9.43. The molecule has 9 rings (SSSR count). The zero-order valence-corrected chi connectivity index (χ0v) is 23.6. The predicted octanol–water partition coefficient (Wildman–Crippen LogP) is 9.62. The zero-order chi connectivity index (χ0) is 28.1. The van der Waals surface area contributed by atoms with Gasteiger partial charge in [0.25, 0.3) is 0 Å². The summed E-state index contributed by atoms with van der Waals surface area (Å²) in [7, 11) is 0. The Morgan fingerprint density at radius 2 is 1.50 bits per heavy atom. The van der Waals surface area contributed by atoms with Gasteiger partial charge in [-0.1, -0.05) is 98.3 Å². The van der Waals surface area contributed by atoms with Gasteiger partial charge in [0.1, 0.15) is 0 Å². The average Bonchev–Trinajstić information content (AvgIpc) is 3.57. The standard InChI is InChI=1S/C39H29N3/c1-23-8-16-34-37-35(21-31(24(2)36(23)37)27-11-9-25(22-40)10-12-27)42-33-17-14-29(26-6-4-3-5-7-26)20-32(33)30-15-13-28-18-19-41(34)38(28)39(30)42/h3-21,23-24,34-35H,1-2H3. The van der Waals surface area contributed by atoms with Crippen LogP contribution in [0.2, 0.25) is 0 Å². The molecule has 0 N–H and O–H groups in total. The molecule has 0 radical (unpaired) electrons. The first-order valence-corrected chi connectivity index (χ1v) is 14.9. The lowest BCUT2D eigenvalue weighted by atomic mass is 9.69. The number of nitrogens with zero attached hydrogens (tertiary/aromatic N) is 3. The van der Waals surface area contributed by atoms with Gasteiger partial charge in [-0.15, -0.1) is 0 Å². The Labute approximate surface area is 244 Å². The van der Waals surface area contributed by atoms with Gasteiger partial charge in [0, 0.05) is 28.3 Å². The van der Waals surface area contributed by atoms with Gasteiger partial charge in [0.05, 0.1) is 40.3 Å². The van der Waals surface area contributed by atoms with E-state index < -0.39 is 0 Å². The molecule has 0 saturated carbocycles. The Morgan fingerprint density at radius 1 is 0.690 bits per heavy atom. The summed E-state index contributed by atoms with van der Waals surface area (Å²) in [6.45, 7) is 4.72. The Hall–Kier alpha value is -5.07. The van der Waals surface area contributed by atoms with Crippen LogP contribution in [0.4, 0.5) is 0 Å². The van der Waals surface area contributed by atoms with Gasteiger partial charge in [-0.2, -0.15) is 5.26 Å². The molecule has 200 valence electrons. The van der Waals surface area contributed by atoms with Gasteiger partial charge >= 0.3 is 0 Å². The summed E-state index contributed by atoms with van der Waals surface area (Å²) in [5.74, 6) is 0.631. The highest BCUT2D eigenvalue weighted by molar-refractivity contribution is 6.18. The van der Waals surface area contributed by atoms with E-state index in [9.17, 15) is 5.26 Å². The molecule has 4 aromatic carbocycles. The molecule has 3 heteroatoms. The van der Waals surface area contributed by atoms with Crippen molar-refractivity contribution in [2.24, 2.45) is 11.8 Å². The third kappa shape index (κ3) is 3.04. The second kappa shape index (κ2) is 8.47. The van der Waals surface area contributed by atoms with Gasteiger partial charge in [-0.25, -0.2) is 0 Å². The van der Waals surface area contributed by atoms with E-state index in [0.717, 1.165) is 0 Å². The minimum atomic E-state index is 0.0901. The Kier molecular flexibility index (Phi) is 4.76. The van der Waals surface area contributed by atoms with E-state index in [1.165, 1.54) is 66.1 Å². The Balaban J connectivity index is 1.39. The van der Waals surface area contributed by atoms with Crippen LogP contribution in [-0.4, -0.2) is 9.13 Å². The molecular formula is C39H29N3. The minimum Gasteiger partial charge on any atom is -0.335 e. The van der Waals surface area contributed by atoms with E-state index in [1.807, 2.05) is 12.1 Å². The molecule has 0 saturated heterocycles. The van der Waals surface area contributed by atoms with Crippen LogP contribution in [0.5, 0.6) is 0 Å². The number of allylic oxidation sites excluding steroid dienone is 6. The fraction of sp³-hybridized carbons (Fsp3) is 0.154. The van der Waals surface area contributed by atoms with Crippen molar-refractivity contribution in [2.45, 2.75) is 25.9 Å². The van der Waals surface area contributed by atoms with Gasteiger partial charge in [0.2, 0.25) is 0 Å². The molecule has 0 bridgehead atoms. The fourth-order valence-corrected chi connectivity index (χ4v) is 8.12. The number of hydrogen-bond donors (Lipinski definition) is 0. The first-order valence-electron chi connectivity index (χ1n) is 14.9. The second-order valence-corrected chi connectivity index (χ2v) is 12.1. The molecule has 1 aliphatic heterocycles. The van der Waals surface area contributed by atoms with Gasteiger partial charge in [-0.3, -0.25) is 0 Å². The minimum absolute atomic E-state index is 0.0901. The van der Waals surface area contributed by atoms with Crippen molar-refractivity contribution in [3.05, 3.63) is 138 Å². The predicted molar refractivity (Wildman–Crippen MR) is 172 cm³/mol. The SMILES string of the molecule is CC1C=CC2C3=C1C(C)C(c1ccc(C#N)cc1)=CC3n1c3ccc(-c4ccccc4)cc3c3ccc4ccn2c4c31. The van der Waals surface area contributed by atoms with Crippen LogP contribution in [0.15, 0.2) is 127 Å². The first-order chi connectivity index (χ1) is 20.6. The summed E-state index contributed by atoms with van der Waals surface area (Å²) in [6, 6.07) is 35.3. The normalized spacial score (nSPS) is 22.5. The van der Waals surface area contributed by atoms with E-state index in [1.54, 1.807) is 0 Å². The number of aromatic nitrogens is 2. The van der Waals surface area contributed by atoms with E-state index in [-0.39, 0.29) is 18.0 Å². The van der Waals surface area contributed by atoms with Crippen molar-refractivity contribution in [1.82, 2.24) is 9.13 Å². The third-order valence-corrected chi connectivity index (χ3v) is 9.99. The molecule has 6 aromatic rings. The zero-order valence-electron chi connectivity index (χ0n) is 23.6. The summed E-state index contributed by atoms with van der Waals surface area (Å²) in [5.41, 5.74) is 12.7. The lowest BCUT2D eigenvalue weighted by Gasteiger charge is -2.40. The van der Waals surface area contributed by atoms with Crippen molar-refractivity contribution < 1.29 is 0 Å². The van der Waals surface area contributed by atoms with Gasteiger partial charge in [-0.05, 0) is 64.1 Å². The molecule has 0 fully saturated rings. The molecule has 4 atom stereocenters. The van der Waals surface area contributed by atoms with Crippen LogP contribution in [-0.2, 0) is 0 Å². The first kappa shape index (κ1) is 23.6. The van der Waals surface area contributed by atoms with Crippen LogP contribution in [0.3, 0.4) is 0 Å². The maximum Gasteiger partial charge on any atom is 0.0991 e. The van der Waals surface area contributed by atoms with Crippen LogP contribution in [0, 0.1) is 23.2 Å². The van der Waals surface area contributed by atoms with Gasteiger partial charge in [0.15, 0.2) is 0 Å². The summed E-state index contributed by atoms with van der Waals surface area (Å²) >= 11 is 0. The van der Waals surface area contributed by atoms with Crippen molar-refractivity contribution in [2.75, 3.05) is 0 Å². The van der Waals surface area contributed by atoms with E-state index >= 15 is 0 Å². The smallest absolute Gasteiger partial charge is 0.0991 e. The molecule has 2 aliphatic carbocycles. The van der Waals surface area contributed by atoms with Crippen LogP contribution >= 0.6 is 0 Å². The number of hydrogen-bond acceptors (Lipinski definition) is 1. The molecule has 4 unspecified atom stereocenters. The summed E-state index contributed by atoms with van der Waals surface area (Å²) in [5, 5.41) is 13.3. The number of rotatable bonds is 2. The highest BCUT2D eigenvalue weighted by Crippen LogP contribution is 2.54. The average molecular weight is 540 g/mol. The highest BCUT2D eigenvalue weighted by atomic mass is 15.1. The van der Waals surface area contributed by atoms with Crippen molar-refractivity contribution >= 4 is 38.3 Å². The number of nitriles is 1. The maximum atomic E-state index is 9.43. The summed E-state index contributed by atoms with van der Waals surface area (Å²) in [6.07, 6.45) is 9.67. The van der Waals surface area contributed by atoms with Crippen LogP contribution in [0.25, 0.3) is 49.4 Å². The third-order valence-electron chi connectivity index (χ3n) is 9.99. The fourth-order valence-electron chi connectivity index (χ4n) is 8.12. The van der Waals surface area contributed by atoms with E-state index in [0.29, 0.717) is 11.5 Å². The molecular weight excluding hydrogens is 510 g/mol. The van der Waals surface area contributed by atoms with Crippen LogP contribution < -0.4 is 0 Å². The molecule has 0 spiro atoms. The molecule has 3 aliphatic rings. The quantitative estimate of drug-likeness (QED) is 0.202. The van der Waals surface area contributed by atoms with E-state index in [2.05, 4.69) is 132 Å². The van der Waals surface area contributed by atoms with Gasteiger partial charge < -0.3 is 9.13 Å².